The van der Waals surface area contributed by atoms with Crippen molar-refractivity contribution in [1.29, 1.82) is 0 Å². The number of rotatable bonds is 6. The van der Waals surface area contributed by atoms with E-state index in [1.807, 2.05) is 24.3 Å². The van der Waals surface area contributed by atoms with Gasteiger partial charge in [-0.1, -0.05) is 6.07 Å². The first-order valence-corrected chi connectivity index (χ1v) is 7.82. The number of thioether (sulfide) groups is 1. The number of carbonyl (C=O) groups excluding carboxylic acids is 1. The zero-order chi connectivity index (χ0) is 17.2. The van der Waals surface area contributed by atoms with Gasteiger partial charge in [0, 0.05) is 7.05 Å². The molecule has 2 rings (SSSR count). The largest absolute Gasteiger partial charge is 0.496 e. The van der Waals surface area contributed by atoms with Gasteiger partial charge in [0.1, 0.15) is 11.5 Å². The number of ether oxygens (including phenoxy) is 1. The lowest BCUT2D eigenvalue weighted by Gasteiger charge is -2.18. The molecule has 0 spiro atoms. The molecule has 0 bridgehead atoms. The first kappa shape index (κ1) is 19.2. The molecule has 2 aromatic rings. The molecule has 9 heteroatoms. The van der Waals surface area contributed by atoms with Gasteiger partial charge in [0.15, 0.2) is 5.22 Å². The maximum atomic E-state index is 8.94. The van der Waals surface area contributed by atoms with Crippen LogP contribution in [0.15, 0.2) is 39.6 Å². The average molecular weight is 359 g/mol. The van der Waals surface area contributed by atoms with E-state index >= 15 is 0 Å². The van der Waals surface area contributed by atoms with Gasteiger partial charge in [0.2, 0.25) is 6.41 Å². The van der Waals surface area contributed by atoms with E-state index < -0.39 is 0 Å². The summed E-state index contributed by atoms with van der Waals surface area (Å²) in [6.07, 6.45) is 0.403. The molecule has 0 saturated heterocycles. The summed E-state index contributed by atoms with van der Waals surface area (Å²) in [7, 11) is 3.44. The molecule has 0 unspecified atom stereocenters. The minimum atomic E-state index is 0.395. The van der Waals surface area contributed by atoms with Gasteiger partial charge in [-0.25, -0.2) is 11.7 Å². The van der Waals surface area contributed by atoms with Crippen molar-refractivity contribution in [3.8, 4) is 5.75 Å². The lowest BCUT2D eigenvalue weighted by molar-refractivity contribution is -0.109. The molecule has 0 radical (unpaired) electrons. The number of halogens is 1. The monoisotopic (exact) mass is 358 g/mol. The summed E-state index contributed by atoms with van der Waals surface area (Å²) >= 11 is 7.35. The zero-order valence-electron chi connectivity index (χ0n) is 12.8. The average Bonchev–Trinajstić information content (AvgIpc) is 2.98. The van der Waals surface area contributed by atoms with Crippen molar-refractivity contribution < 1.29 is 13.9 Å². The second-order valence-corrected chi connectivity index (χ2v) is 5.56. The Bertz CT molecular complexity index is 622. The minimum absolute atomic E-state index is 0.395. The van der Waals surface area contributed by atoms with E-state index in [9.17, 15) is 0 Å². The fraction of sp³-hybridized carbons (Fsp3) is 0.214. The SMILES string of the molecule is COc1cccc(N(C)N)c1SCc1ccc(Cl)o1.NNC=O. The minimum Gasteiger partial charge on any atom is -0.496 e. The molecule has 1 amide bonds. The van der Waals surface area contributed by atoms with Gasteiger partial charge < -0.3 is 14.2 Å². The highest BCUT2D eigenvalue weighted by atomic mass is 35.5. The lowest BCUT2D eigenvalue weighted by Crippen LogP contribution is -2.25. The van der Waals surface area contributed by atoms with E-state index in [2.05, 4.69) is 5.84 Å². The standard InChI is InChI=1S/C13H15ClN2O2S.CH4N2O/c1-16(15)10-4-3-5-11(17-2)13(10)19-8-9-6-7-12(14)18-9;2-3-1-4/h3-7H,8,15H2,1-2H3;1H,2H2,(H,3,4). The van der Waals surface area contributed by atoms with Crippen LogP contribution in [-0.4, -0.2) is 20.6 Å². The summed E-state index contributed by atoms with van der Waals surface area (Å²) in [4.78, 5) is 9.91. The van der Waals surface area contributed by atoms with E-state index in [1.165, 1.54) is 0 Å². The van der Waals surface area contributed by atoms with Crippen LogP contribution in [-0.2, 0) is 10.5 Å². The number of hydrazine groups is 2. The summed E-state index contributed by atoms with van der Waals surface area (Å²) in [6.45, 7) is 0. The van der Waals surface area contributed by atoms with Crippen molar-refractivity contribution in [1.82, 2.24) is 5.43 Å². The second-order valence-electron chi connectivity index (χ2n) is 4.20. The van der Waals surface area contributed by atoms with Crippen LogP contribution in [0.5, 0.6) is 5.75 Å². The van der Waals surface area contributed by atoms with Crippen LogP contribution in [0.3, 0.4) is 0 Å². The number of nitrogens with two attached hydrogens (primary N) is 2. The Morgan fingerprint density at radius 3 is 2.61 bits per heavy atom. The normalized spacial score (nSPS) is 9.61. The Hall–Kier alpha value is -1.87. The number of hydrogen-bond donors (Lipinski definition) is 3. The molecule has 0 fully saturated rings. The maximum Gasteiger partial charge on any atom is 0.221 e. The molecule has 126 valence electrons. The van der Waals surface area contributed by atoms with Crippen LogP contribution in [0.2, 0.25) is 5.22 Å². The number of methoxy groups -OCH3 is 1. The smallest absolute Gasteiger partial charge is 0.221 e. The number of nitrogens with zero attached hydrogens (tertiary/aromatic N) is 1. The molecule has 7 nitrogen and oxygen atoms in total. The van der Waals surface area contributed by atoms with Crippen LogP contribution in [0, 0.1) is 0 Å². The Balaban J connectivity index is 0.000000593. The third-order valence-electron chi connectivity index (χ3n) is 2.61. The predicted molar refractivity (Wildman–Crippen MR) is 92.3 cm³/mol. The fourth-order valence-electron chi connectivity index (χ4n) is 1.66. The van der Waals surface area contributed by atoms with E-state index in [0.29, 0.717) is 17.4 Å². The highest BCUT2D eigenvalue weighted by Crippen LogP contribution is 2.38. The number of furan rings is 1. The van der Waals surface area contributed by atoms with Crippen molar-refractivity contribution in [3.05, 3.63) is 41.3 Å². The number of amides is 1. The third kappa shape index (κ3) is 6.03. The number of nitrogens with one attached hydrogen (secondary N) is 1. The van der Waals surface area contributed by atoms with Crippen LogP contribution >= 0.6 is 23.4 Å². The molecule has 0 aliphatic carbocycles. The van der Waals surface area contributed by atoms with Crippen LogP contribution in [0.25, 0.3) is 0 Å². The molecular weight excluding hydrogens is 340 g/mol. The Kier molecular flexibility index (Phi) is 8.35. The number of hydrogen-bond acceptors (Lipinski definition) is 7. The topological polar surface area (TPSA) is 107 Å². The van der Waals surface area contributed by atoms with Gasteiger partial charge in [-0.15, -0.1) is 11.8 Å². The Morgan fingerprint density at radius 1 is 1.43 bits per heavy atom. The van der Waals surface area contributed by atoms with E-state index in [1.54, 1.807) is 42.4 Å². The summed E-state index contributed by atoms with van der Waals surface area (Å²) in [5.41, 5.74) is 2.65. The van der Waals surface area contributed by atoms with Gasteiger partial charge in [-0.2, -0.15) is 0 Å². The zero-order valence-corrected chi connectivity index (χ0v) is 14.4. The fourth-order valence-corrected chi connectivity index (χ4v) is 2.92. The summed E-state index contributed by atoms with van der Waals surface area (Å²) in [5.74, 6) is 12.5. The molecule has 23 heavy (non-hydrogen) atoms. The van der Waals surface area contributed by atoms with E-state index in [0.717, 1.165) is 22.1 Å². The van der Waals surface area contributed by atoms with Crippen molar-refractivity contribution in [2.45, 2.75) is 10.6 Å². The molecule has 5 N–H and O–H groups in total. The number of carbonyl (C=O) groups is 1. The predicted octanol–water partition coefficient (Wildman–Crippen LogP) is 2.15. The molecule has 0 atom stereocenters. The quantitative estimate of drug-likeness (QED) is 0.239. The molecular formula is C14H19ClN4O3S. The Morgan fingerprint density at radius 2 is 2.13 bits per heavy atom. The van der Waals surface area contributed by atoms with Crippen molar-refractivity contribution in [3.63, 3.8) is 0 Å². The molecule has 1 aromatic heterocycles. The van der Waals surface area contributed by atoms with Gasteiger partial charge in [-0.3, -0.25) is 10.2 Å². The molecule has 1 heterocycles. The lowest BCUT2D eigenvalue weighted by atomic mass is 10.3. The maximum absolute atomic E-state index is 8.94. The van der Waals surface area contributed by atoms with Crippen molar-refractivity contribution in [2.75, 3.05) is 19.2 Å². The van der Waals surface area contributed by atoms with E-state index in [4.69, 9.17) is 31.4 Å². The van der Waals surface area contributed by atoms with Gasteiger partial charge in [-0.05, 0) is 35.9 Å². The van der Waals surface area contributed by atoms with Gasteiger partial charge >= 0.3 is 0 Å². The van der Waals surface area contributed by atoms with Crippen molar-refractivity contribution in [2.24, 2.45) is 11.7 Å². The first-order chi connectivity index (χ1) is 11.0. The number of benzene rings is 1. The molecule has 0 aliphatic rings. The van der Waals surface area contributed by atoms with E-state index in [-0.39, 0.29) is 0 Å². The van der Waals surface area contributed by atoms with Crippen molar-refractivity contribution >= 4 is 35.5 Å². The van der Waals surface area contributed by atoms with Gasteiger partial charge in [0.05, 0.1) is 23.4 Å². The third-order valence-corrected chi connectivity index (χ3v) is 3.94. The molecule has 0 saturated carbocycles. The molecule has 0 aliphatic heterocycles. The second kappa shape index (κ2) is 10.0. The highest BCUT2D eigenvalue weighted by molar-refractivity contribution is 7.98. The highest BCUT2D eigenvalue weighted by Gasteiger charge is 2.12. The Labute approximate surface area is 143 Å². The summed E-state index contributed by atoms with van der Waals surface area (Å²) in [6, 6.07) is 9.35. The van der Waals surface area contributed by atoms with Crippen LogP contribution in [0.4, 0.5) is 5.69 Å². The van der Waals surface area contributed by atoms with Gasteiger partial charge in [0.25, 0.3) is 0 Å². The summed E-state index contributed by atoms with van der Waals surface area (Å²) in [5, 5.41) is 1.96. The first-order valence-electron chi connectivity index (χ1n) is 6.45. The number of anilines is 1. The van der Waals surface area contributed by atoms with Crippen LogP contribution < -0.4 is 26.9 Å². The summed E-state index contributed by atoms with van der Waals surface area (Å²) < 4.78 is 10.7. The van der Waals surface area contributed by atoms with Crippen LogP contribution in [0.1, 0.15) is 5.76 Å². The molecule has 1 aromatic carbocycles.